The molecule has 26 heavy (non-hydrogen) atoms. The van der Waals surface area contributed by atoms with Crippen LogP contribution in [-0.2, 0) is 6.18 Å². The first-order valence-electron chi connectivity index (χ1n) is 7.37. The van der Waals surface area contributed by atoms with Gasteiger partial charge < -0.3 is 0 Å². The lowest BCUT2D eigenvalue weighted by Crippen LogP contribution is -2.03. The first-order valence-corrected chi connectivity index (χ1v) is 9.38. The Morgan fingerprint density at radius 2 is 1.85 bits per heavy atom. The Morgan fingerprint density at radius 1 is 1.15 bits per heavy atom. The molecule has 2 aromatic carbocycles. The number of rotatable bonds is 3. The summed E-state index contributed by atoms with van der Waals surface area (Å²) in [5, 5.41) is 0.862. The lowest BCUT2D eigenvalue weighted by atomic mass is 10.1. The van der Waals surface area contributed by atoms with Gasteiger partial charge >= 0.3 is 6.18 Å². The fourth-order valence-electron chi connectivity index (χ4n) is 2.19. The second kappa shape index (κ2) is 7.42. The molecule has 0 atom stereocenters. The Labute approximate surface area is 161 Å². The number of aromatic nitrogens is 1. The van der Waals surface area contributed by atoms with Crippen molar-refractivity contribution in [2.75, 3.05) is 0 Å². The molecule has 0 spiro atoms. The number of aryl methyl sites for hydroxylation is 1. The number of thiazole rings is 1. The van der Waals surface area contributed by atoms with Gasteiger partial charge in [0.05, 0.1) is 11.3 Å². The fraction of sp³-hybridized carbons (Fsp3) is 0.111. The van der Waals surface area contributed by atoms with Gasteiger partial charge in [0.2, 0.25) is 5.12 Å². The second-order valence-corrected chi connectivity index (χ2v) is 7.84. The van der Waals surface area contributed by atoms with Crippen molar-refractivity contribution >= 4 is 39.8 Å². The zero-order valence-electron chi connectivity index (χ0n) is 13.3. The number of alkyl halides is 3. The molecule has 1 aromatic heterocycles. The Balaban J connectivity index is 1.83. The molecular formula is C18H11ClF3NOS2. The van der Waals surface area contributed by atoms with E-state index in [0.717, 1.165) is 35.2 Å². The van der Waals surface area contributed by atoms with Gasteiger partial charge in [-0.3, -0.25) is 4.79 Å². The zero-order chi connectivity index (χ0) is 18.9. The summed E-state index contributed by atoms with van der Waals surface area (Å²) in [5.74, 6) is 0. The van der Waals surface area contributed by atoms with E-state index in [-0.39, 0.29) is 5.12 Å². The van der Waals surface area contributed by atoms with Gasteiger partial charge in [0.25, 0.3) is 0 Å². The van der Waals surface area contributed by atoms with Crippen molar-refractivity contribution in [1.29, 1.82) is 0 Å². The van der Waals surface area contributed by atoms with E-state index < -0.39 is 11.7 Å². The molecule has 1 heterocycles. The van der Waals surface area contributed by atoms with Crippen molar-refractivity contribution < 1.29 is 18.0 Å². The maximum atomic E-state index is 12.7. The van der Waals surface area contributed by atoms with Crippen LogP contribution >= 0.6 is 34.7 Å². The largest absolute Gasteiger partial charge is 0.416 e. The van der Waals surface area contributed by atoms with E-state index in [0.29, 0.717) is 31.1 Å². The van der Waals surface area contributed by atoms with E-state index in [1.54, 1.807) is 31.2 Å². The van der Waals surface area contributed by atoms with E-state index in [1.165, 1.54) is 12.1 Å². The lowest BCUT2D eigenvalue weighted by Gasteiger charge is -2.06. The molecule has 0 aliphatic carbocycles. The Morgan fingerprint density at radius 3 is 2.46 bits per heavy atom. The standard InChI is InChI=1S/C18H11ClF3NOS2/c1-10-15(17(24)25-14-4-2-3-13(19)9-14)26-16(23-10)11-5-7-12(8-6-11)18(20,21)22/h2-9H,1H3. The normalized spacial score (nSPS) is 11.6. The van der Waals surface area contributed by atoms with Gasteiger partial charge in [0.15, 0.2) is 0 Å². The molecule has 0 aliphatic heterocycles. The molecule has 0 aliphatic rings. The van der Waals surface area contributed by atoms with Crippen LogP contribution in [0.25, 0.3) is 10.6 Å². The highest BCUT2D eigenvalue weighted by atomic mass is 35.5. The number of carbonyl (C=O) groups is 1. The summed E-state index contributed by atoms with van der Waals surface area (Å²) in [5.41, 5.74) is 0.365. The molecule has 3 aromatic rings. The summed E-state index contributed by atoms with van der Waals surface area (Å²) in [6.45, 7) is 1.70. The predicted octanol–water partition coefficient (Wildman–Crippen LogP) is 6.72. The monoisotopic (exact) mass is 413 g/mol. The summed E-state index contributed by atoms with van der Waals surface area (Å²) in [6, 6.07) is 11.7. The smallest absolute Gasteiger partial charge is 0.280 e. The van der Waals surface area contributed by atoms with Crippen molar-refractivity contribution in [2.24, 2.45) is 0 Å². The molecule has 0 amide bonds. The van der Waals surface area contributed by atoms with Crippen molar-refractivity contribution in [3.05, 3.63) is 69.7 Å². The average Bonchev–Trinajstić information content (AvgIpc) is 2.96. The van der Waals surface area contributed by atoms with E-state index in [1.807, 2.05) is 0 Å². The number of thioether (sulfide) groups is 1. The van der Waals surface area contributed by atoms with E-state index in [9.17, 15) is 18.0 Å². The van der Waals surface area contributed by atoms with Crippen LogP contribution in [0.15, 0.2) is 53.4 Å². The molecule has 3 rings (SSSR count). The summed E-state index contributed by atoms with van der Waals surface area (Å²) < 4.78 is 38.0. The summed E-state index contributed by atoms with van der Waals surface area (Å²) in [7, 11) is 0. The van der Waals surface area contributed by atoms with Gasteiger partial charge in [-0.15, -0.1) is 11.3 Å². The summed E-state index contributed by atoms with van der Waals surface area (Å²) in [6.07, 6.45) is -4.38. The first-order chi connectivity index (χ1) is 12.2. The maximum Gasteiger partial charge on any atom is 0.416 e. The highest BCUT2D eigenvalue weighted by Crippen LogP contribution is 2.35. The highest BCUT2D eigenvalue weighted by Gasteiger charge is 2.30. The molecule has 0 radical (unpaired) electrons. The van der Waals surface area contributed by atoms with Gasteiger partial charge in [0, 0.05) is 15.5 Å². The van der Waals surface area contributed by atoms with E-state index in [2.05, 4.69) is 4.98 Å². The molecular weight excluding hydrogens is 403 g/mol. The quantitative estimate of drug-likeness (QED) is 0.446. The predicted molar refractivity (Wildman–Crippen MR) is 98.9 cm³/mol. The zero-order valence-corrected chi connectivity index (χ0v) is 15.7. The van der Waals surface area contributed by atoms with Gasteiger partial charge in [-0.2, -0.15) is 13.2 Å². The van der Waals surface area contributed by atoms with E-state index in [4.69, 9.17) is 11.6 Å². The van der Waals surface area contributed by atoms with Crippen LogP contribution in [0.4, 0.5) is 13.2 Å². The molecule has 0 saturated carbocycles. The van der Waals surface area contributed by atoms with Crippen LogP contribution in [0.3, 0.4) is 0 Å². The number of hydrogen-bond acceptors (Lipinski definition) is 4. The minimum atomic E-state index is -4.38. The summed E-state index contributed by atoms with van der Waals surface area (Å²) >= 11 is 8.12. The fourth-order valence-corrected chi connectivity index (χ4v) is 4.39. The van der Waals surface area contributed by atoms with Crippen molar-refractivity contribution in [1.82, 2.24) is 4.98 Å². The maximum absolute atomic E-state index is 12.7. The molecule has 0 N–H and O–H groups in total. The second-order valence-electron chi connectivity index (χ2n) is 5.36. The van der Waals surface area contributed by atoms with Crippen LogP contribution in [-0.4, -0.2) is 10.1 Å². The molecule has 0 saturated heterocycles. The van der Waals surface area contributed by atoms with Crippen LogP contribution in [0, 0.1) is 6.92 Å². The number of nitrogens with zero attached hydrogens (tertiary/aromatic N) is 1. The summed E-state index contributed by atoms with van der Waals surface area (Å²) in [4.78, 5) is 18.0. The number of carbonyl (C=O) groups excluding carboxylic acids is 1. The molecule has 0 bridgehead atoms. The molecule has 134 valence electrons. The number of halogens is 4. The third kappa shape index (κ3) is 4.28. The molecule has 2 nitrogen and oxygen atoms in total. The van der Waals surface area contributed by atoms with Crippen molar-refractivity contribution in [3.63, 3.8) is 0 Å². The Bertz CT molecular complexity index is 952. The van der Waals surface area contributed by atoms with Crippen LogP contribution in [0.2, 0.25) is 5.02 Å². The van der Waals surface area contributed by atoms with Gasteiger partial charge in [-0.25, -0.2) is 4.98 Å². The van der Waals surface area contributed by atoms with Crippen LogP contribution in [0.1, 0.15) is 20.9 Å². The minimum Gasteiger partial charge on any atom is -0.280 e. The molecule has 0 unspecified atom stereocenters. The van der Waals surface area contributed by atoms with Gasteiger partial charge in [-0.1, -0.05) is 29.8 Å². The molecule has 0 fully saturated rings. The highest BCUT2D eigenvalue weighted by molar-refractivity contribution is 8.14. The van der Waals surface area contributed by atoms with Gasteiger partial charge in [-0.05, 0) is 49.0 Å². The lowest BCUT2D eigenvalue weighted by molar-refractivity contribution is -0.137. The third-order valence-electron chi connectivity index (χ3n) is 3.45. The minimum absolute atomic E-state index is 0.180. The van der Waals surface area contributed by atoms with Crippen LogP contribution in [0.5, 0.6) is 0 Å². The van der Waals surface area contributed by atoms with Crippen molar-refractivity contribution in [3.8, 4) is 10.6 Å². The third-order valence-corrected chi connectivity index (χ3v) is 5.90. The number of benzene rings is 2. The van der Waals surface area contributed by atoms with Crippen molar-refractivity contribution in [2.45, 2.75) is 18.0 Å². The average molecular weight is 414 g/mol. The van der Waals surface area contributed by atoms with E-state index >= 15 is 0 Å². The Hall–Kier alpha value is -1.83. The van der Waals surface area contributed by atoms with Crippen LogP contribution < -0.4 is 0 Å². The van der Waals surface area contributed by atoms with Gasteiger partial charge in [0.1, 0.15) is 9.88 Å². The topological polar surface area (TPSA) is 30.0 Å². The SMILES string of the molecule is Cc1nc(-c2ccc(C(F)(F)F)cc2)sc1C(=O)Sc1cccc(Cl)c1. The molecule has 8 heteroatoms. The number of hydrogen-bond donors (Lipinski definition) is 0. The first kappa shape index (κ1) is 18.9. The Kier molecular flexibility index (Phi) is 5.41.